The zero-order valence-electron chi connectivity index (χ0n) is 11.8. The third kappa shape index (κ3) is 3.96. The highest BCUT2D eigenvalue weighted by atomic mass is 15.2. The fourth-order valence-corrected chi connectivity index (χ4v) is 3.35. The summed E-state index contributed by atoms with van der Waals surface area (Å²) < 4.78 is 0. The number of hydrogen-bond acceptors (Lipinski definition) is 2. The van der Waals surface area contributed by atoms with E-state index in [1.54, 1.807) is 0 Å². The molecule has 2 heteroatoms. The predicted molar refractivity (Wildman–Crippen MR) is 74.4 cm³/mol. The Morgan fingerprint density at radius 3 is 2.53 bits per heavy atom. The molecule has 0 spiro atoms. The largest absolute Gasteiger partial charge is 0.314 e. The average Bonchev–Trinajstić information content (AvgIpc) is 3.15. The van der Waals surface area contributed by atoms with Gasteiger partial charge in [-0.3, -0.25) is 4.90 Å². The van der Waals surface area contributed by atoms with Gasteiger partial charge in [0, 0.05) is 18.1 Å². The van der Waals surface area contributed by atoms with Gasteiger partial charge in [0.05, 0.1) is 0 Å². The maximum atomic E-state index is 3.66. The smallest absolute Gasteiger partial charge is 0.0113 e. The van der Waals surface area contributed by atoms with Crippen molar-refractivity contribution in [1.29, 1.82) is 0 Å². The molecule has 0 aliphatic heterocycles. The summed E-state index contributed by atoms with van der Waals surface area (Å²) in [4.78, 5) is 2.85. The minimum absolute atomic E-state index is 0.793. The lowest BCUT2D eigenvalue weighted by Crippen LogP contribution is -2.45. The van der Waals surface area contributed by atoms with Gasteiger partial charge in [0.1, 0.15) is 0 Å². The van der Waals surface area contributed by atoms with Gasteiger partial charge in [-0.2, -0.15) is 0 Å². The Kier molecular flexibility index (Phi) is 5.30. The fraction of sp³-hybridized carbons (Fsp3) is 1.00. The molecule has 1 N–H and O–H groups in total. The standard InChI is InChI=1S/C15H30N2/c1-3-5-11-17(14-9-10-14)15-8-6-7-13(12-15)16-4-2/h13-16H,3-12H2,1-2H3. The Morgan fingerprint density at radius 1 is 1.06 bits per heavy atom. The molecular weight excluding hydrogens is 208 g/mol. The molecule has 0 aromatic rings. The third-order valence-corrected chi connectivity index (χ3v) is 4.39. The van der Waals surface area contributed by atoms with Gasteiger partial charge >= 0.3 is 0 Å². The molecule has 0 saturated heterocycles. The molecule has 0 amide bonds. The molecule has 2 rings (SSSR count). The maximum Gasteiger partial charge on any atom is 0.0113 e. The Hall–Kier alpha value is -0.0800. The summed E-state index contributed by atoms with van der Waals surface area (Å²) in [6.07, 6.45) is 11.3. The van der Waals surface area contributed by atoms with E-state index >= 15 is 0 Å². The van der Waals surface area contributed by atoms with Crippen LogP contribution in [0.4, 0.5) is 0 Å². The van der Waals surface area contributed by atoms with E-state index < -0.39 is 0 Å². The number of rotatable bonds is 7. The van der Waals surface area contributed by atoms with Crippen molar-refractivity contribution in [2.75, 3.05) is 13.1 Å². The highest BCUT2D eigenvalue weighted by Crippen LogP contribution is 2.33. The van der Waals surface area contributed by atoms with E-state index in [1.807, 2.05) is 0 Å². The van der Waals surface area contributed by atoms with Crippen LogP contribution in [0.1, 0.15) is 65.2 Å². The molecule has 2 nitrogen and oxygen atoms in total. The van der Waals surface area contributed by atoms with Crippen LogP contribution in [0.15, 0.2) is 0 Å². The van der Waals surface area contributed by atoms with E-state index in [1.165, 1.54) is 57.9 Å². The van der Waals surface area contributed by atoms with Crippen LogP contribution in [0, 0.1) is 0 Å². The predicted octanol–water partition coefficient (Wildman–Crippen LogP) is 3.17. The third-order valence-electron chi connectivity index (χ3n) is 4.39. The zero-order valence-corrected chi connectivity index (χ0v) is 11.8. The van der Waals surface area contributed by atoms with Crippen molar-refractivity contribution in [2.24, 2.45) is 0 Å². The number of nitrogens with one attached hydrogen (secondary N) is 1. The minimum Gasteiger partial charge on any atom is -0.314 e. The molecule has 0 heterocycles. The molecule has 100 valence electrons. The van der Waals surface area contributed by atoms with Crippen molar-refractivity contribution in [2.45, 2.75) is 83.3 Å². The van der Waals surface area contributed by atoms with E-state index in [0.717, 1.165) is 24.7 Å². The maximum absolute atomic E-state index is 3.66. The lowest BCUT2D eigenvalue weighted by molar-refractivity contribution is 0.129. The summed E-state index contributed by atoms with van der Waals surface area (Å²) in [5, 5.41) is 3.66. The Balaban J connectivity index is 1.84. The summed E-state index contributed by atoms with van der Waals surface area (Å²) in [5.74, 6) is 0. The molecule has 0 aromatic heterocycles. The van der Waals surface area contributed by atoms with Crippen molar-refractivity contribution in [3.05, 3.63) is 0 Å². The van der Waals surface area contributed by atoms with Gasteiger partial charge in [0.25, 0.3) is 0 Å². The molecule has 2 unspecified atom stereocenters. The number of hydrogen-bond donors (Lipinski definition) is 1. The van der Waals surface area contributed by atoms with Gasteiger partial charge in [-0.25, -0.2) is 0 Å². The van der Waals surface area contributed by atoms with Crippen LogP contribution in [-0.2, 0) is 0 Å². The van der Waals surface area contributed by atoms with E-state index in [9.17, 15) is 0 Å². The molecular formula is C15H30N2. The van der Waals surface area contributed by atoms with Crippen LogP contribution in [-0.4, -0.2) is 36.1 Å². The first kappa shape index (κ1) is 13.4. The number of unbranched alkanes of at least 4 members (excludes halogenated alkanes) is 1. The van der Waals surface area contributed by atoms with Crippen LogP contribution >= 0.6 is 0 Å². The summed E-state index contributed by atoms with van der Waals surface area (Å²) >= 11 is 0. The Morgan fingerprint density at radius 2 is 1.88 bits per heavy atom. The second-order valence-corrected chi connectivity index (χ2v) is 5.90. The quantitative estimate of drug-likeness (QED) is 0.733. The SMILES string of the molecule is CCCCN(C1CC1)C1CCCC(NCC)C1. The van der Waals surface area contributed by atoms with Gasteiger partial charge in [-0.05, 0) is 51.6 Å². The van der Waals surface area contributed by atoms with Crippen molar-refractivity contribution < 1.29 is 0 Å². The van der Waals surface area contributed by atoms with Crippen LogP contribution in [0.5, 0.6) is 0 Å². The Bertz CT molecular complexity index is 211. The molecule has 0 bridgehead atoms. The summed E-state index contributed by atoms with van der Waals surface area (Å²) in [6.45, 7) is 7.03. The molecule has 2 aliphatic carbocycles. The highest BCUT2D eigenvalue weighted by molar-refractivity contribution is 4.92. The molecule has 0 radical (unpaired) electrons. The molecule has 2 atom stereocenters. The first-order chi connectivity index (χ1) is 8.35. The molecule has 17 heavy (non-hydrogen) atoms. The molecule has 2 saturated carbocycles. The van der Waals surface area contributed by atoms with Crippen molar-refractivity contribution in [3.63, 3.8) is 0 Å². The minimum atomic E-state index is 0.793. The van der Waals surface area contributed by atoms with Crippen LogP contribution in [0.25, 0.3) is 0 Å². The second-order valence-electron chi connectivity index (χ2n) is 5.90. The zero-order chi connectivity index (χ0) is 12.1. The number of nitrogens with zero attached hydrogens (tertiary/aromatic N) is 1. The monoisotopic (exact) mass is 238 g/mol. The van der Waals surface area contributed by atoms with Gasteiger partial charge in [-0.15, -0.1) is 0 Å². The first-order valence-electron chi connectivity index (χ1n) is 7.84. The summed E-state index contributed by atoms with van der Waals surface area (Å²) in [7, 11) is 0. The average molecular weight is 238 g/mol. The lowest BCUT2D eigenvalue weighted by Gasteiger charge is -2.38. The summed E-state index contributed by atoms with van der Waals surface area (Å²) in [5.41, 5.74) is 0. The lowest BCUT2D eigenvalue weighted by atomic mass is 9.89. The van der Waals surface area contributed by atoms with Crippen LogP contribution < -0.4 is 5.32 Å². The second kappa shape index (κ2) is 6.75. The van der Waals surface area contributed by atoms with Crippen LogP contribution in [0.3, 0.4) is 0 Å². The molecule has 0 aromatic carbocycles. The van der Waals surface area contributed by atoms with E-state index in [2.05, 4.69) is 24.1 Å². The molecule has 2 fully saturated rings. The van der Waals surface area contributed by atoms with Crippen molar-refractivity contribution in [1.82, 2.24) is 10.2 Å². The van der Waals surface area contributed by atoms with E-state index in [0.29, 0.717) is 0 Å². The normalized spacial score (nSPS) is 29.8. The van der Waals surface area contributed by atoms with E-state index in [-0.39, 0.29) is 0 Å². The van der Waals surface area contributed by atoms with Crippen LogP contribution in [0.2, 0.25) is 0 Å². The molecule has 2 aliphatic rings. The van der Waals surface area contributed by atoms with Gasteiger partial charge in [-0.1, -0.05) is 26.7 Å². The van der Waals surface area contributed by atoms with Gasteiger partial charge < -0.3 is 5.32 Å². The summed E-state index contributed by atoms with van der Waals surface area (Å²) in [6, 6.07) is 2.63. The highest BCUT2D eigenvalue weighted by Gasteiger charge is 2.35. The Labute approximate surface area is 107 Å². The van der Waals surface area contributed by atoms with Crippen molar-refractivity contribution >= 4 is 0 Å². The van der Waals surface area contributed by atoms with Gasteiger partial charge in [0.15, 0.2) is 0 Å². The fourth-order valence-electron chi connectivity index (χ4n) is 3.35. The van der Waals surface area contributed by atoms with Gasteiger partial charge in [0.2, 0.25) is 0 Å². The van der Waals surface area contributed by atoms with Crippen molar-refractivity contribution in [3.8, 4) is 0 Å². The topological polar surface area (TPSA) is 15.3 Å². The first-order valence-corrected chi connectivity index (χ1v) is 7.84. The van der Waals surface area contributed by atoms with E-state index in [4.69, 9.17) is 0 Å².